The van der Waals surface area contributed by atoms with Crippen LogP contribution in [0, 0.1) is 0 Å². The Morgan fingerprint density at radius 2 is 2.41 bits per heavy atom. The second kappa shape index (κ2) is 4.49. The number of hydrogen-bond donors (Lipinski definition) is 1. The Kier molecular flexibility index (Phi) is 2.85. The molecule has 1 N–H and O–H groups in total. The summed E-state index contributed by atoms with van der Waals surface area (Å²) >= 11 is 0. The van der Waals surface area contributed by atoms with Gasteiger partial charge >= 0.3 is 0 Å². The van der Waals surface area contributed by atoms with E-state index in [1.165, 1.54) is 36.2 Å². The number of aryl methyl sites for hydroxylation is 1. The standard InChI is InChI=1S/C14H19N3/c1-2-3-4-11-6-8-17-13-10-15-7-5-12(13)16-14(17)9-11/h6,8-9,15H,2-5,7,10H2,1H3. The SMILES string of the molecule is CCCCc1ccn2c3c(nc2c1)CCNC3. The van der Waals surface area contributed by atoms with Crippen molar-refractivity contribution in [3.63, 3.8) is 0 Å². The fourth-order valence-corrected chi connectivity index (χ4v) is 2.52. The predicted octanol–water partition coefficient (Wildman–Crippen LogP) is 2.32. The number of pyridine rings is 1. The van der Waals surface area contributed by atoms with Crippen molar-refractivity contribution >= 4 is 5.65 Å². The van der Waals surface area contributed by atoms with Gasteiger partial charge in [0.05, 0.1) is 11.4 Å². The van der Waals surface area contributed by atoms with Crippen molar-refractivity contribution in [2.75, 3.05) is 6.54 Å². The summed E-state index contributed by atoms with van der Waals surface area (Å²) in [4.78, 5) is 4.74. The molecule has 0 bridgehead atoms. The van der Waals surface area contributed by atoms with Crippen LogP contribution in [0.3, 0.4) is 0 Å². The first-order chi connectivity index (χ1) is 8.38. The Bertz CT molecular complexity index is 527. The summed E-state index contributed by atoms with van der Waals surface area (Å²) in [7, 11) is 0. The van der Waals surface area contributed by atoms with E-state index in [9.17, 15) is 0 Å². The third-order valence-electron chi connectivity index (χ3n) is 3.52. The molecule has 0 saturated heterocycles. The minimum absolute atomic E-state index is 0.949. The number of hydrogen-bond acceptors (Lipinski definition) is 2. The van der Waals surface area contributed by atoms with E-state index in [1.54, 1.807) is 0 Å². The maximum Gasteiger partial charge on any atom is 0.137 e. The van der Waals surface area contributed by atoms with Crippen LogP contribution in [0.15, 0.2) is 18.3 Å². The lowest BCUT2D eigenvalue weighted by Gasteiger charge is -2.12. The summed E-state index contributed by atoms with van der Waals surface area (Å²) in [6.45, 7) is 4.24. The van der Waals surface area contributed by atoms with Crippen LogP contribution in [0.5, 0.6) is 0 Å². The second-order valence-electron chi connectivity index (χ2n) is 4.80. The Balaban J connectivity index is 1.99. The molecule has 0 saturated carbocycles. The Morgan fingerprint density at radius 1 is 1.47 bits per heavy atom. The number of aromatic nitrogens is 2. The molecule has 0 unspecified atom stereocenters. The zero-order valence-electron chi connectivity index (χ0n) is 10.4. The molecule has 2 aromatic heterocycles. The lowest BCUT2D eigenvalue weighted by atomic mass is 10.1. The topological polar surface area (TPSA) is 29.3 Å². The van der Waals surface area contributed by atoms with Crippen LogP contribution >= 0.6 is 0 Å². The Morgan fingerprint density at radius 3 is 3.29 bits per heavy atom. The highest BCUT2D eigenvalue weighted by molar-refractivity contribution is 5.46. The maximum absolute atomic E-state index is 4.74. The van der Waals surface area contributed by atoms with Gasteiger partial charge in [-0.05, 0) is 30.5 Å². The van der Waals surface area contributed by atoms with Gasteiger partial charge in [0, 0.05) is 25.7 Å². The lowest BCUT2D eigenvalue weighted by Crippen LogP contribution is -2.24. The predicted molar refractivity (Wildman–Crippen MR) is 69.2 cm³/mol. The molecule has 0 spiro atoms. The van der Waals surface area contributed by atoms with Crippen LogP contribution in [-0.2, 0) is 19.4 Å². The molecule has 0 aromatic carbocycles. The van der Waals surface area contributed by atoms with Crippen LogP contribution in [0.2, 0.25) is 0 Å². The van der Waals surface area contributed by atoms with Crippen molar-refractivity contribution in [1.29, 1.82) is 0 Å². The van der Waals surface area contributed by atoms with Gasteiger partial charge in [0.25, 0.3) is 0 Å². The fraction of sp³-hybridized carbons (Fsp3) is 0.500. The molecule has 0 radical (unpaired) electrons. The molecule has 1 aliphatic heterocycles. The van der Waals surface area contributed by atoms with E-state index in [0.717, 1.165) is 25.2 Å². The molecule has 17 heavy (non-hydrogen) atoms. The zero-order chi connectivity index (χ0) is 11.7. The zero-order valence-corrected chi connectivity index (χ0v) is 10.4. The molecular weight excluding hydrogens is 210 g/mol. The summed E-state index contributed by atoms with van der Waals surface area (Å²) < 4.78 is 2.23. The van der Waals surface area contributed by atoms with Crippen LogP contribution in [0.1, 0.15) is 36.7 Å². The first-order valence-corrected chi connectivity index (χ1v) is 6.58. The average Bonchev–Trinajstić information content (AvgIpc) is 2.74. The highest BCUT2D eigenvalue weighted by Crippen LogP contribution is 2.18. The van der Waals surface area contributed by atoms with Crippen LogP contribution in [0.25, 0.3) is 5.65 Å². The smallest absolute Gasteiger partial charge is 0.137 e. The van der Waals surface area contributed by atoms with Crippen molar-refractivity contribution in [3.05, 3.63) is 35.3 Å². The molecule has 0 aliphatic carbocycles. The fourth-order valence-electron chi connectivity index (χ4n) is 2.52. The third-order valence-corrected chi connectivity index (χ3v) is 3.52. The number of imidazole rings is 1. The highest BCUT2D eigenvalue weighted by atomic mass is 15.1. The van der Waals surface area contributed by atoms with E-state index in [4.69, 9.17) is 4.98 Å². The Labute approximate surface area is 102 Å². The van der Waals surface area contributed by atoms with Crippen LogP contribution < -0.4 is 5.32 Å². The normalized spacial score (nSPS) is 15.1. The first kappa shape index (κ1) is 10.8. The van der Waals surface area contributed by atoms with Crippen molar-refractivity contribution in [3.8, 4) is 0 Å². The van der Waals surface area contributed by atoms with E-state index in [0.29, 0.717) is 0 Å². The third kappa shape index (κ3) is 1.95. The van der Waals surface area contributed by atoms with E-state index < -0.39 is 0 Å². The van der Waals surface area contributed by atoms with Gasteiger partial charge in [-0.25, -0.2) is 4.98 Å². The van der Waals surface area contributed by atoms with E-state index in [-0.39, 0.29) is 0 Å². The molecule has 0 atom stereocenters. The van der Waals surface area contributed by atoms with E-state index in [1.807, 2.05) is 0 Å². The van der Waals surface area contributed by atoms with Gasteiger partial charge in [-0.15, -0.1) is 0 Å². The number of fused-ring (bicyclic) bond motifs is 3. The number of nitrogens with one attached hydrogen (secondary N) is 1. The minimum atomic E-state index is 0.949. The molecule has 0 fully saturated rings. The van der Waals surface area contributed by atoms with Gasteiger partial charge < -0.3 is 9.72 Å². The van der Waals surface area contributed by atoms with Crippen molar-refractivity contribution in [2.45, 2.75) is 39.2 Å². The summed E-state index contributed by atoms with van der Waals surface area (Å²) in [5.41, 5.74) is 5.15. The van der Waals surface area contributed by atoms with Crippen molar-refractivity contribution < 1.29 is 0 Å². The largest absolute Gasteiger partial charge is 0.311 e. The molecule has 3 heteroatoms. The molecule has 2 aromatic rings. The quantitative estimate of drug-likeness (QED) is 0.875. The van der Waals surface area contributed by atoms with Crippen LogP contribution in [-0.4, -0.2) is 15.9 Å². The van der Waals surface area contributed by atoms with Gasteiger partial charge in [0.1, 0.15) is 5.65 Å². The molecule has 90 valence electrons. The molecular formula is C14H19N3. The first-order valence-electron chi connectivity index (χ1n) is 6.58. The number of rotatable bonds is 3. The maximum atomic E-state index is 4.74. The summed E-state index contributed by atoms with van der Waals surface area (Å²) in [5, 5.41) is 3.41. The van der Waals surface area contributed by atoms with Gasteiger partial charge in [-0.2, -0.15) is 0 Å². The van der Waals surface area contributed by atoms with E-state index >= 15 is 0 Å². The summed E-state index contributed by atoms with van der Waals surface area (Å²) in [5.74, 6) is 0. The molecule has 1 aliphatic rings. The van der Waals surface area contributed by atoms with Gasteiger partial charge in [0.15, 0.2) is 0 Å². The van der Waals surface area contributed by atoms with Gasteiger partial charge in [-0.1, -0.05) is 13.3 Å². The average molecular weight is 229 g/mol. The summed E-state index contributed by atoms with van der Waals surface area (Å²) in [6.07, 6.45) is 6.92. The monoisotopic (exact) mass is 229 g/mol. The summed E-state index contributed by atoms with van der Waals surface area (Å²) in [6, 6.07) is 4.48. The van der Waals surface area contributed by atoms with E-state index in [2.05, 4.69) is 35.0 Å². The lowest BCUT2D eigenvalue weighted by molar-refractivity contribution is 0.621. The van der Waals surface area contributed by atoms with Crippen molar-refractivity contribution in [2.24, 2.45) is 0 Å². The van der Waals surface area contributed by atoms with Gasteiger partial charge in [0.2, 0.25) is 0 Å². The number of nitrogens with zero attached hydrogens (tertiary/aromatic N) is 2. The van der Waals surface area contributed by atoms with Crippen molar-refractivity contribution in [1.82, 2.24) is 14.7 Å². The molecule has 0 amide bonds. The minimum Gasteiger partial charge on any atom is -0.311 e. The molecule has 3 rings (SSSR count). The van der Waals surface area contributed by atoms with Crippen LogP contribution in [0.4, 0.5) is 0 Å². The van der Waals surface area contributed by atoms with Gasteiger partial charge in [-0.3, -0.25) is 0 Å². The second-order valence-corrected chi connectivity index (χ2v) is 4.80. The number of unbranched alkanes of at least 4 members (excludes halogenated alkanes) is 1. The molecule has 3 nitrogen and oxygen atoms in total. The molecule has 3 heterocycles. The Hall–Kier alpha value is -1.35. The highest BCUT2D eigenvalue weighted by Gasteiger charge is 2.15.